The minimum Gasteiger partial charge on any atom is -0.368 e. The van der Waals surface area contributed by atoms with Gasteiger partial charge in [0.1, 0.15) is 5.82 Å². The van der Waals surface area contributed by atoms with Gasteiger partial charge in [-0.3, -0.25) is 0 Å². The van der Waals surface area contributed by atoms with Crippen molar-refractivity contribution in [3.05, 3.63) is 24.4 Å². The van der Waals surface area contributed by atoms with Gasteiger partial charge in [-0.2, -0.15) is 0 Å². The third-order valence-electron chi connectivity index (χ3n) is 2.30. The van der Waals surface area contributed by atoms with E-state index >= 15 is 0 Å². The van der Waals surface area contributed by atoms with E-state index in [1.807, 2.05) is 24.4 Å². The molecule has 2 nitrogen and oxygen atoms in total. The zero-order valence-corrected chi connectivity index (χ0v) is 9.16. The first-order valence-electron chi connectivity index (χ1n) is 5.50. The summed E-state index contributed by atoms with van der Waals surface area (Å²) >= 11 is 0. The molecule has 0 fully saturated rings. The molecule has 0 aliphatic rings. The van der Waals surface area contributed by atoms with Crippen LogP contribution in [0.5, 0.6) is 0 Å². The molecule has 0 spiro atoms. The number of unbranched alkanes of at least 4 members (excludes halogenated alkanes) is 2. The lowest BCUT2D eigenvalue weighted by Gasteiger charge is -2.13. The van der Waals surface area contributed by atoms with E-state index in [1.54, 1.807) is 0 Å². The standard InChI is InChI=1S/C12H20N2/c1-3-4-5-8-11(2)14-12-9-6-7-10-13-12/h6-7,9-11H,3-5,8H2,1-2H3,(H,13,14). The topological polar surface area (TPSA) is 24.9 Å². The quantitative estimate of drug-likeness (QED) is 0.698. The molecule has 2 heteroatoms. The zero-order valence-electron chi connectivity index (χ0n) is 9.16. The minimum atomic E-state index is 0.524. The van der Waals surface area contributed by atoms with Gasteiger partial charge in [-0.1, -0.05) is 32.3 Å². The number of anilines is 1. The zero-order chi connectivity index (χ0) is 10.2. The van der Waals surface area contributed by atoms with E-state index in [9.17, 15) is 0 Å². The van der Waals surface area contributed by atoms with Gasteiger partial charge in [0.25, 0.3) is 0 Å². The third kappa shape index (κ3) is 4.26. The highest BCUT2D eigenvalue weighted by atomic mass is 15.0. The highest BCUT2D eigenvalue weighted by Gasteiger charge is 2.01. The van der Waals surface area contributed by atoms with Crippen LogP contribution in [0, 0.1) is 0 Å². The normalized spacial score (nSPS) is 12.4. The molecule has 78 valence electrons. The lowest BCUT2D eigenvalue weighted by Crippen LogP contribution is -2.15. The van der Waals surface area contributed by atoms with E-state index in [4.69, 9.17) is 0 Å². The summed E-state index contributed by atoms with van der Waals surface area (Å²) < 4.78 is 0. The summed E-state index contributed by atoms with van der Waals surface area (Å²) in [4.78, 5) is 4.24. The molecule has 0 saturated heterocycles. The Morgan fingerprint density at radius 1 is 1.36 bits per heavy atom. The fourth-order valence-electron chi connectivity index (χ4n) is 1.47. The molecule has 0 aliphatic carbocycles. The summed E-state index contributed by atoms with van der Waals surface area (Å²) in [5.74, 6) is 0.983. The molecule has 0 aromatic carbocycles. The lowest BCUT2D eigenvalue weighted by atomic mass is 10.1. The van der Waals surface area contributed by atoms with Gasteiger partial charge in [-0.05, 0) is 25.5 Å². The van der Waals surface area contributed by atoms with Gasteiger partial charge in [0, 0.05) is 12.2 Å². The average molecular weight is 192 g/mol. The van der Waals surface area contributed by atoms with Crippen molar-refractivity contribution in [2.24, 2.45) is 0 Å². The maximum atomic E-state index is 4.24. The molecule has 0 bridgehead atoms. The smallest absolute Gasteiger partial charge is 0.126 e. The number of rotatable bonds is 6. The van der Waals surface area contributed by atoms with Crippen molar-refractivity contribution < 1.29 is 0 Å². The highest BCUT2D eigenvalue weighted by Crippen LogP contribution is 2.08. The van der Waals surface area contributed by atoms with Crippen molar-refractivity contribution in [1.29, 1.82) is 0 Å². The van der Waals surface area contributed by atoms with Crippen LogP contribution in [0.4, 0.5) is 5.82 Å². The molecule has 1 rings (SSSR count). The van der Waals surface area contributed by atoms with E-state index in [2.05, 4.69) is 24.1 Å². The van der Waals surface area contributed by atoms with Gasteiger partial charge in [0.2, 0.25) is 0 Å². The molecule has 1 aromatic heterocycles. The van der Waals surface area contributed by atoms with Gasteiger partial charge in [-0.25, -0.2) is 4.98 Å². The predicted octanol–water partition coefficient (Wildman–Crippen LogP) is 3.46. The second kappa shape index (κ2) is 6.41. The van der Waals surface area contributed by atoms with Crippen LogP contribution in [0.3, 0.4) is 0 Å². The molecule has 0 radical (unpaired) electrons. The summed E-state index contributed by atoms with van der Waals surface area (Å²) in [7, 11) is 0. The number of hydrogen-bond acceptors (Lipinski definition) is 2. The Kier molecular flexibility index (Phi) is 5.05. The highest BCUT2D eigenvalue weighted by molar-refractivity contribution is 5.33. The summed E-state index contributed by atoms with van der Waals surface area (Å²) in [6, 6.07) is 6.48. The molecule has 1 heterocycles. The maximum Gasteiger partial charge on any atom is 0.126 e. The van der Waals surface area contributed by atoms with Gasteiger partial charge in [0.15, 0.2) is 0 Å². The van der Waals surface area contributed by atoms with Gasteiger partial charge >= 0.3 is 0 Å². The Labute approximate surface area is 86.8 Å². The van der Waals surface area contributed by atoms with Crippen LogP contribution < -0.4 is 5.32 Å². The first-order chi connectivity index (χ1) is 6.83. The first-order valence-corrected chi connectivity index (χ1v) is 5.50. The molecular formula is C12H20N2. The van der Waals surface area contributed by atoms with Crippen molar-refractivity contribution in [3.8, 4) is 0 Å². The van der Waals surface area contributed by atoms with Crippen LogP contribution in [0.15, 0.2) is 24.4 Å². The Hall–Kier alpha value is -1.05. The summed E-state index contributed by atoms with van der Waals surface area (Å²) in [5, 5.41) is 3.39. The third-order valence-corrected chi connectivity index (χ3v) is 2.30. The second-order valence-corrected chi connectivity index (χ2v) is 3.76. The van der Waals surface area contributed by atoms with Crippen LogP contribution >= 0.6 is 0 Å². The van der Waals surface area contributed by atoms with Crippen LogP contribution in [0.1, 0.15) is 39.5 Å². The number of nitrogens with one attached hydrogen (secondary N) is 1. The monoisotopic (exact) mass is 192 g/mol. The minimum absolute atomic E-state index is 0.524. The van der Waals surface area contributed by atoms with E-state index in [0.29, 0.717) is 6.04 Å². The Morgan fingerprint density at radius 2 is 2.21 bits per heavy atom. The molecule has 0 aliphatic heterocycles. The van der Waals surface area contributed by atoms with Crippen molar-refractivity contribution in [2.75, 3.05) is 5.32 Å². The molecule has 14 heavy (non-hydrogen) atoms. The summed E-state index contributed by atoms with van der Waals surface area (Å²) in [5.41, 5.74) is 0. The fraction of sp³-hybridized carbons (Fsp3) is 0.583. The van der Waals surface area contributed by atoms with E-state index in [0.717, 1.165) is 5.82 Å². The van der Waals surface area contributed by atoms with Crippen LogP contribution in [-0.2, 0) is 0 Å². The van der Waals surface area contributed by atoms with Crippen molar-refractivity contribution in [2.45, 2.75) is 45.6 Å². The maximum absolute atomic E-state index is 4.24. The van der Waals surface area contributed by atoms with Gasteiger partial charge in [-0.15, -0.1) is 0 Å². The predicted molar refractivity (Wildman–Crippen MR) is 61.5 cm³/mol. The van der Waals surface area contributed by atoms with E-state index in [1.165, 1.54) is 25.7 Å². The Balaban J connectivity index is 2.23. The van der Waals surface area contributed by atoms with Gasteiger partial charge < -0.3 is 5.32 Å². The van der Waals surface area contributed by atoms with E-state index in [-0.39, 0.29) is 0 Å². The van der Waals surface area contributed by atoms with Crippen LogP contribution in [-0.4, -0.2) is 11.0 Å². The van der Waals surface area contributed by atoms with E-state index < -0.39 is 0 Å². The SMILES string of the molecule is CCCCCC(C)Nc1ccccn1. The number of hydrogen-bond donors (Lipinski definition) is 1. The van der Waals surface area contributed by atoms with Crippen molar-refractivity contribution in [1.82, 2.24) is 4.98 Å². The Morgan fingerprint density at radius 3 is 2.86 bits per heavy atom. The summed E-state index contributed by atoms with van der Waals surface area (Å²) in [6.07, 6.45) is 6.97. The molecular weight excluding hydrogens is 172 g/mol. The Bertz CT molecular complexity index is 233. The second-order valence-electron chi connectivity index (χ2n) is 3.76. The van der Waals surface area contributed by atoms with Gasteiger partial charge in [0.05, 0.1) is 0 Å². The van der Waals surface area contributed by atoms with Crippen molar-refractivity contribution in [3.63, 3.8) is 0 Å². The first kappa shape index (κ1) is 11.0. The molecule has 1 aromatic rings. The molecule has 1 N–H and O–H groups in total. The fourth-order valence-corrected chi connectivity index (χ4v) is 1.47. The molecule has 0 saturated carbocycles. The number of nitrogens with zero attached hydrogens (tertiary/aromatic N) is 1. The average Bonchev–Trinajstić information content (AvgIpc) is 2.20. The molecule has 1 unspecified atom stereocenters. The van der Waals surface area contributed by atoms with Crippen LogP contribution in [0.25, 0.3) is 0 Å². The molecule has 0 amide bonds. The van der Waals surface area contributed by atoms with Crippen molar-refractivity contribution >= 4 is 5.82 Å². The number of pyridine rings is 1. The number of aromatic nitrogens is 1. The van der Waals surface area contributed by atoms with Crippen LogP contribution in [0.2, 0.25) is 0 Å². The molecule has 1 atom stereocenters. The summed E-state index contributed by atoms with van der Waals surface area (Å²) in [6.45, 7) is 4.45. The lowest BCUT2D eigenvalue weighted by molar-refractivity contribution is 0.614. The largest absolute Gasteiger partial charge is 0.368 e.